The van der Waals surface area contributed by atoms with Crippen molar-refractivity contribution in [3.05, 3.63) is 26.5 Å². The zero-order valence-electron chi connectivity index (χ0n) is 7.72. The van der Waals surface area contributed by atoms with Gasteiger partial charge in [0.25, 0.3) is 5.56 Å². The molecule has 0 bridgehead atoms. The number of rotatable bonds is 1. The van der Waals surface area contributed by atoms with Crippen molar-refractivity contribution in [2.75, 3.05) is 6.26 Å². The predicted octanol–water partition coefficient (Wildman–Crippen LogP) is 0.575. The van der Waals surface area contributed by atoms with Crippen LogP contribution < -0.4 is 11.2 Å². The molecule has 0 amide bonds. The lowest BCUT2D eigenvalue weighted by atomic mass is 10.4. The zero-order chi connectivity index (χ0) is 10.3. The second-order valence-electron chi connectivity index (χ2n) is 2.94. The van der Waals surface area contributed by atoms with Gasteiger partial charge in [-0.05, 0) is 13.2 Å². The van der Waals surface area contributed by atoms with Crippen LogP contribution in [-0.4, -0.2) is 21.2 Å². The van der Waals surface area contributed by atoms with Gasteiger partial charge < -0.3 is 4.98 Å². The molecule has 0 aliphatic carbocycles. The first-order valence-corrected chi connectivity index (χ1v) is 5.25. The Hall–Kier alpha value is -1.43. The van der Waals surface area contributed by atoms with Gasteiger partial charge in [-0.1, -0.05) is 0 Å². The van der Waals surface area contributed by atoms with Crippen molar-refractivity contribution in [2.24, 2.45) is 0 Å². The number of aromatic nitrogens is 3. The Morgan fingerprint density at radius 3 is 2.50 bits per heavy atom. The normalized spacial score (nSPS) is 11.0. The number of H-pyrrole nitrogens is 3. The highest BCUT2D eigenvalue weighted by Gasteiger charge is 2.11. The van der Waals surface area contributed by atoms with Crippen molar-refractivity contribution in [1.82, 2.24) is 15.0 Å². The number of hydrogen-bond donors (Lipinski definition) is 3. The van der Waals surface area contributed by atoms with E-state index in [-0.39, 0.29) is 5.56 Å². The Morgan fingerprint density at radius 2 is 1.86 bits per heavy atom. The number of nitrogens with one attached hydrogen (secondary N) is 3. The fourth-order valence-corrected chi connectivity index (χ4v) is 2.24. The topological polar surface area (TPSA) is 81.5 Å². The van der Waals surface area contributed by atoms with Gasteiger partial charge in [0.15, 0.2) is 0 Å². The summed E-state index contributed by atoms with van der Waals surface area (Å²) in [6.45, 7) is 1.86. The second kappa shape index (κ2) is 3.06. The molecule has 0 spiro atoms. The molecule has 2 aromatic rings. The number of aromatic amines is 3. The van der Waals surface area contributed by atoms with E-state index in [1.807, 2.05) is 13.2 Å². The summed E-state index contributed by atoms with van der Waals surface area (Å²) >= 11 is 1.48. The summed E-state index contributed by atoms with van der Waals surface area (Å²) in [5.41, 5.74) is 0.536. The molecular weight excluding hydrogens is 202 g/mol. The molecule has 0 atom stereocenters. The molecule has 0 aliphatic rings. The predicted molar refractivity (Wildman–Crippen MR) is 56.1 cm³/mol. The van der Waals surface area contributed by atoms with Gasteiger partial charge in [-0.2, -0.15) is 0 Å². The van der Waals surface area contributed by atoms with E-state index in [4.69, 9.17) is 0 Å². The van der Waals surface area contributed by atoms with E-state index in [1.165, 1.54) is 11.8 Å². The monoisotopic (exact) mass is 211 g/mol. The summed E-state index contributed by atoms with van der Waals surface area (Å²) in [6.07, 6.45) is 1.89. The second-order valence-corrected chi connectivity index (χ2v) is 3.76. The van der Waals surface area contributed by atoms with Crippen molar-refractivity contribution in [3.8, 4) is 0 Å². The highest BCUT2D eigenvalue weighted by Crippen LogP contribution is 2.25. The molecule has 2 rings (SSSR count). The zero-order valence-corrected chi connectivity index (χ0v) is 8.54. The van der Waals surface area contributed by atoms with E-state index >= 15 is 0 Å². The summed E-state index contributed by atoms with van der Waals surface area (Å²) < 4.78 is 0. The standard InChI is InChI=1S/C8H9N3O2S/c1-3-5(14-2)4-6(9-3)10-8(13)11-7(4)12/h1-2H3,(H3,9,10,11,12,13). The molecule has 0 aromatic carbocycles. The minimum atomic E-state index is -0.489. The van der Waals surface area contributed by atoms with Crippen molar-refractivity contribution in [3.63, 3.8) is 0 Å². The third-order valence-corrected chi connectivity index (χ3v) is 2.95. The summed E-state index contributed by atoms with van der Waals surface area (Å²) in [6, 6.07) is 0. The third-order valence-electron chi connectivity index (χ3n) is 2.03. The molecule has 0 radical (unpaired) electrons. The Morgan fingerprint density at radius 1 is 1.14 bits per heavy atom. The van der Waals surface area contributed by atoms with E-state index in [9.17, 15) is 9.59 Å². The SMILES string of the molecule is CSc1c(C)[nH]c2[nH]c(=O)[nH]c(=O)c12. The molecule has 0 saturated heterocycles. The molecule has 0 fully saturated rings. The summed E-state index contributed by atoms with van der Waals surface area (Å²) in [7, 11) is 0. The highest BCUT2D eigenvalue weighted by atomic mass is 32.2. The van der Waals surface area contributed by atoms with Crippen LogP contribution in [0, 0.1) is 6.92 Å². The van der Waals surface area contributed by atoms with Gasteiger partial charge in [0.05, 0.1) is 5.39 Å². The van der Waals surface area contributed by atoms with Crippen molar-refractivity contribution >= 4 is 22.8 Å². The van der Waals surface area contributed by atoms with E-state index < -0.39 is 5.69 Å². The molecule has 0 saturated carbocycles. The summed E-state index contributed by atoms with van der Waals surface area (Å²) in [4.78, 5) is 31.0. The van der Waals surface area contributed by atoms with Gasteiger partial charge in [-0.25, -0.2) is 4.79 Å². The average molecular weight is 211 g/mol. The van der Waals surface area contributed by atoms with Gasteiger partial charge in [-0.15, -0.1) is 11.8 Å². The third kappa shape index (κ3) is 1.19. The van der Waals surface area contributed by atoms with Gasteiger partial charge in [0.1, 0.15) is 5.65 Å². The largest absolute Gasteiger partial charge is 0.344 e. The Kier molecular flexibility index (Phi) is 1.99. The van der Waals surface area contributed by atoms with E-state index in [0.717, 1.165) is 10.6 Å². The van der Waals surface area contributed by atoms with Crippen LogP contribution in [0.15, 0.2) is 14.5 Å². The molecule has 0 aliphatic heterocycles. The maximum absolute atomic E-state index is 11.5. The smallest absolute Gasteiger partial charge is 0.327 e. The minimum absolute atomic E-state index is 0.350. The van der Waals surface area contributed by atoms with Crippen molar-refractivity contribution in [1.29, 1.82) is 0 Å². The molecule has 2 aromatic heterocycles. The van der Waals surface area contributed by atoms with Crippen LogP contribution in [0.3, 0.4) is 0 Å². The Labute approximate surface area is 82.9 Å². The first-order chi connectivity index (χ1) is 6.63. The first-order valence-electron chi connectivity index (χ1n) is 4.02. The van der Waals surface area contributed by atoms with Crippen LogP contribution in [0.1, 0.15) is 5.69 Å². The van der Waals surface area contributed by atoms with E-state index in [2.05, 4.69) is 15.0 Å². The van der Waals surface area contributed by atoms with Crippen LogP contribution >= 0.6 is 11.8 Å². The van der Waals surface area contributed by atoms with Crippen molar-refractivity contribution in [2.45, 2.75) is 11.8 Å². The van der Waals surface area contributed by atoms with E-state index in [1.54, 1.807) is 0 Å². The fourth-order valence-electron chi connectivity index (χ4n) is 1.48. The van der Waals surface area contributed by atoms with Crippen LogP contribution in [0.5, 0.6) is 0 Å². The van der Waals surface area contributed by atoms with Crippen LogP contribution in [0.25, 0.3) is 11.0 Å². The maximum atomic E-state index is 11.5. The van der Waals surface area contributed by atoms with E-state index in [0.29, 0.717) is 11.0 Å². The average Bonchev–Trinajstić information content (AvgIpc) is 2.40. The number of hydrogen-bond acceptors (Lipinski definition) is 3. The maximum Gasteiger partial charge on any atom is 0.327 e. The molecule has 0 unspecified atom stereocenters. The van der Waals surface area contributed by atoms with Crippen LogP contribution in [0.2, 0.25) is 0 Å². The quantitative estimate of drug-likeness (QED) is 0.603. The lowest BCUT2D eigenvalue weighted by Crippen LogP contribution is -2.21. The first kappa shape index (κ1) is 9.14. The van der Waals surface area contributed by atoms with Gasteiger partial charge in [0, 0.05) is 10.6 Å². The van der Waals surface area contributed by atoms with Gasteiger partial charge in [-0.3, -0.25) is 14.8 Å². The Bertz CT molecular complexity index is 593. The molecule has 14 heavy (non-hydrogen) atoms. The number of fused-ring (bicyclic) bond motifs is 1. The fraction of sp³-hybridized carbons (Fsp3) is 0.250. The minimum Gasteiger partial charge on any atom is -0.344 e. The molecular formula is C8H9N3O2S. The number of thioether (sulfide) groups is 1. The highest BCUT2D eigenvalue weighted by molar-refractivity contribution is 7.98. The Balaban J connectivity index is 3.03. The van der Waals surface area contributed by atoms with Crippen LogP contribution in [0.4, 0.5) is 0 Å². The molecule has 74 valence electrons. The lowest BCUT2D eigenvalue weighted by Gasteiger charge is -1.92. The number of aryl methyl sites for hydroxylation is 1. The molecule has 2 heterocycles. The molecule has 5 nitrogen and oxygen atoms in total. The molecule has 3 N–H and O–H groups in total. The van der Waals surface area contributed by atoms with Crippen molar-refractivity contribution < 1.29 is 0 Å². The van der Waals surface area contributed by atoms with Crippen LogP contribution in [-0.2, 0) is 0 Å². The van der Waals surface area contributed by atoms with Gasteiger partial charge >= 0.3 is 5.69 Å². The summed E-state index contributed by atoms with van der Waals surface area (Å²) in [5, 5.41) is 0.523. The molecule has 6 heteroatoms. The van der Waals surface area contributed by atoms with Gasteiger partial charge in [0.2, 0.25) is 0 Å². The summed E-state index contributed by atoms with van der Waals surface area (Å²) in [5.74, 6) is 0. The lowest BCUT2D eigenvalue weighted by molar-refractivity contribution is 1.07.